The van der Waals surface area contributed by atoms with Gasteiger partial charge in [-0.15, -0.1) is 0 Å². The maximum absolute atomic E-state index is 6.23. The molecule has 4 heterocycles. The first-order valence-electron chi connectivity index (χ1n) is 8.66. The molecule has 2 fully saturated rings. The second kappa shape index (κ2) is 7.07. The number of morpholine rings is 1. The standard InChI is InChI=1S/C17H24N6O2/c1-21-10-15(9-20-21)11-22-5-8-25-17(12-22)13-23(6-7-24-14-17)16-18-3-2-4-19-16/h2-4,9-10H,5-8,11-14H2,1H3/t17-/m1/s1. The molecule has 8 nitrogen and oxygen atoms in total. The topological polar surface area (TPSA) is 68.5 Å². The predicted octanol–water partition coefficient (Wildman–Crippen LogP) is 0.318. The van der Waals surface area contributed by atoms with Crippen LogP contribution in [-0.2, 0) is 23.1 Å². The third-order valence-corrected chi connectivity index (χ3v) is 4.68. The van der Waals surface area contributed by atoms with Gasteiger partial charge in [-0.3, -0.25) is 9.58 Å². The van der Waals surface area contributed by atoms with Crippen molar-refractivity contribution in [2.45, 2.75) is 12.1 Å². The van der Waals surface area contributed by atoms with Gasteiger partial charge >= 0.3 is 0 Å². The first kappa shape index (κ1) is 16.4. The number of nitrogens with zero attached hydrogens (tertiary/aromatic N) is 6. The van der Waals surface area contributed by atoms with Crippen molar-refractivity contribution in [2.24, 2.45) is 7.05 Å². The Morgan fingerprint density at radius 2 is 2.04 bits per heavy atom. The van der Waals surface area contributed by atoms with E-state index in [9.17, 15) is 0 Å². The number of anilines is 1. The molecule has 0 bridgehead atoms. The van der Waals surface area contributed by atoms with Crippen LogP contribution in [0.15, 0.2) is 30.9 Å². The van der Waals surface area contributed by atoms with Gasteiger partial charge in [0.2, 0.25) is 5.95 Å². The van der Waals surface area contributed by atoms with E-state index in [1.165, 1.54) is 5.56 Å². The Bertz CT molecular complexity index is 693. The molecule has 4 rings (SSSR count). The Kier molecular flexibility index (Phi) is 4.65. The summed E-state index contributed by atoms with van der Waals surface area (Å²) in [5.41, 5.74) is 0.869. The van der Waals surface area contributed by atoms with Crippen LogP contribution in [0.5, 0.6) is 0 Å². The van der Waals surface area contributed by atoms with Crippen LogP contribution in [0.1, 0.15) is 5.56 Å². The maximum Gasteiger partial charge on any atom is 0.225 e. The molecule has 1 atom stereocenters. The van der Waals surface area contributed by atoms with E-state index in [0.717, 1.165) is 38.7 Å². The van der Waals surface area contributed by atoms with Crippen molar-refractivity contribution in [1.29, 1.82) is 0 Å². The quantitative estimate of drug-likeness (QED) is 0.794. The van der Waals surface area contributed by atoms with Gasteiger partial charge in [-0.2, -0.15) is 5.10 Å². The molecule has 0 unspecified atom stereocenters. The first-order valence-corrected chi connectivity index (χ1v) is 8.66. The normalized spacial score (nSPS) is 25.2. The summed E-state index contributed by atoms with van der Waals surface area (Å²) in [7, 11) is 1.95. The van der Waals surface area contributed by atoms with Crippen LogP contribution < -0.4 is 4.90 Å². The average molecular weight is 344 g/mol. The van der Waals surface area contributed by atoms with Crippen LogP contribution >= 0.6 is 0 Å². The van der Waals surface area contributed by atoms with E-state index in [2.05, 4.69) is 31.1 Å². The molecule has 0 aromatic carbocycles. The molecular formula is C17H24N6O2. The molecule has 0 N–H and O–H groups in total. The summed E-state index contributed by atoms with van der Waals surface area (Å²) in [6.45, 7) is 6.09. The highest BCUT2D eigenvalue weighted by molar-refractivity contribution is 5.30. The molecule has 1 spiro atoms. The molecular weight excluding hydrogens is 320 g/mol. The van der Waals surface area contributed by atoms with Crippen molar-refractivity contribution < 1.29 is 9.47 Å². The second-order valence-corrected chi connectivity index (χ2v) is 6.79. The number of aryl methyl sites for hydroxylation is 1. The lowest BCUT2D eigenvalue weighted by Crippen LogP contribution is -2.58. The van der Waals surface area contributed by atoms with Crippen molar-refractivity contribution in [3.05, 3.63) is 36.4 Å². The predicted molar refractivity (Wildman–Crippen MR) is 92.2 cm³/mol. The summed E-state index contributed by atoms with van der Waals surface area (Å²) in [5, 5.41) is 4.26. The van der Waals surface area contributed by atoms with Gasteiger partial charge in [-0.05, 0) is 6.07 Å². The molecule has 2 aromatic rings. The number of hydrogen-bond donors (Lipinski definition) is 0. The van der Waals surface area contributed by atoms with Crippen LogP contribution in [0, 0.1) is 0 Å². The largest absolute Gasteiger partial charge is 0.376 e. The van der Waals surface area contributed by atoms with Crippen molar-refractivity contribution in [2.75, 3.05) is 50.9 Å². The highest BCUT2D eigenvalue weighted by atomic mass is 16.5. The summed E-state index contributed by atoms with van der Waals surface area (Å²) < 4.78 is 13.9. The van der Waals surface area contributed by atoms with Gasteiger partial charge in [0.1, 0.15) is 5.60 Å². The summed E-state index contributed by atoms with van der Waals surface area (Å²) in [6, 6.07) is 1.83. The SMILES string of the molecule is Cn1cc(CN2CCO[C@]3(COCCN(c4ncccn4)C3)C2)cn1. The van der Waals surface area contributed by atoms with Gasteiger partial charge in [0.05, 0.1) is 32.6 Å². The Morgan fingerprint density at radius 3 is 2.84 bits per heavy atom. The lowest BCUT2D eigenvalue weighted by atomic mass is 10.0. The minimum atomic E-state index is -0.351. The smallest absolute Gasteiger partial charge is 0.225 e. The van der Waals surface area contributed by atoms with Gasteiger partial charge in [0.25, 0.3) is 0 Å². The molecule has 0 saturated carbocycles. The Hall–Kier alpha value is -2.03. The minimum absolute atomic E-state index is 0.351. The van der Waals surface area contributed by atoms with E-state index in [1.54, 1.807) is 12.4 Å². The van der Waals surface area contributed by atoms with E-state index < -0.39 is 0 Å². The fourth-order valence-corrected chi connectivity index (χ4v) is 3.58. The third kappa shape index (κ3) is 3.81. The molecule has 134 valence electrons. The molecule has 8 heteroatoms. The van der Waals surface area contributed by atoms with Gasteiger partial charge in [0, 0.05) is 57.4 Å². The summed E-state index contributed by atoms with van der Waals surface area (Å²) in [4.78, 5) is 13.4. The summed E-state index contributed by atoms with van der Waals surface area (Å²) in [5.74, 6) is 0.736. The number of aromatic nitrogens is 4. The summed E-state index contributed by atoms with van der Waals surface area (Å²) in [6.07, 6.45) is 7.54. The molecule has 25 heavy (non-hydrogen) atoms. The van der Waals surface area contributed by atoms with Gasteiger partial charge in [0.15, 0.2) is 0 Å². The summed E-state index contributed by atoms with van der Waals surface area (Å²) >= 11 is 0. The van der Waals surface area contributed by atoms with Crippen molar-refractivity contribution >= 4 is 5.95 Å². The Morgan fingerprint density at radius 1 is 1.16 bits per heavy atom. The zero-order chi connectivity index (χ0) is 17.1. The zero-order valence-electron chi connectivity index (χ0n) is 14.5. The number of hydrogen-bond acceptors (Lipinski definition) is 7. The van der Waals surface area contributed by atoms with Gasteiger partial charge < -0.3 is 14.4 Å². The minimum Gasteiger partial charge on any atom is -0.376 e. The van der Waals surface area contributed by atoms with Crippen LogP contribution in [0.2, 0.25) is 0 Å². The molecule has 0 amide bonds. The van der Waals surface area contributed by atoms with Crippen molar-refractivity contribution in [3.63, 3.8) is 0 Å². The highest BCUT2D eigenvalue weighted by Gasteiger charge is 2.40. The molecule has 0 radical (unpaired) electrons. The zero-order valence-corrected chi connectivity index (χ0v) is 14.5. The van der Waals surface area contributed by atoms with E-state index in [1.807, 2.05) is 24.0 Å². The fourth-order valence-electron chi connectivity index (χ4n) is 3.58. The Labute approximate surface area is 147 Å². The van der Waals surface area contributed by atoms with Gasteiger partial charge in [-0.25, -0.2) is 9.97 Å². The van der Waals surface area contributed by atoms with Crippen LogP contribution in [0.4, 0.5) is 5.95 Å². The lowest BCUT2D eigenvalue weighted by Gasteiger charge is -2.43. The molecule has 0 aliphatic carbocycles. The van der Waals surface area contributed by atoms with Crippen LogP contribution in [0.25, 0.3) is 0 Å². The molecule has 2 saturated heterocycles. The van der Waals surface area contributed by atoms with E-state index in [0.29, 0.717) is 19.8 Å². The first-order chi connectivity index (χ1) is 12.2. The highest BCUT2D eigenvalue weighted by Crippen LogP contribution is 2.25. The van der Waals surface area contributed by atoms with Crippen molar-refractivity contribution in [3.8, 4) is 0 Å². The van der Waals surface area contributed by atoms with E-state index in [4.69, 9.17) is 9.47 Å². The van der Waals surface area contributed by atoms with E-state index >= 15 is 0 Å². The maximum atomic E-state index is 6.23. The van der Waals surface area contributed by atoms with E-state index in [-0.39, 0.29) is 5.60 Å². The number of rotatable bonds is 3. The third-order valence-electron chi connectivity index (χ3n) is 4.68. The van der Waals surface area contributed by atoms with Crippen LogP contribution in [-0.4, -0.2) is 76.2 Å². The lowest BCUT2D eigenvalue weighted by molar-refractivity contribution is -0.134. The molecule has 2 aliphatic rings. The monoisotopic (exact) mass is 344 g/mol. The second-order valence-electron chi connectivity index (χ2n) is 6.79. The fraction of sp³-hybridized carbons (Fsp3) is 0.588. The number of ether oxygens (including phenoxy) is 2. The molecule has 2 aliphatic heterocycles. The average Bonchev–Trinajstić information content (AvgIpc) is 2.92. The van der Waals surface area contributed by atoms with Crippen LogP contribution in [0.3, 0.4) is 0 Å². The Balaban J connectivity index is 1.48. The van der Waals surface area contributed by atoms with Gasteiger partial charge in [-0.1, -0.05) is 0 Å². The molecule has 2 aromatic heterocycles. The van der Waals surface area contributed by atoms with Crippen molar-refractivity contribution in [1.82, 2.24) is 24.6 Å².